The molecule has 0 N–H and O–H groups in total. The van der Waals surface area contributed by atoms with Gasteiger partial charge in [0.05, 0.1) is 0 Å². The molecular formula is C9H15N5O. The van der Waals surface area contributed by atoms with Gasteiger partial charge in [0.15, 0.2) is 0 Å². The van der Waals surface area contributed by atoms with Gasteiger partial charge < -0.3 is 4.90 Å². The third-order valence-corrected chi connectivity index (χ3v) is 3.00. The molecule has 6 heteroatoms. The van der Waals surface area contributed by atoms with E-state index in [1.54, 1.807) is 4.90 Å². The molecular weight excluding hydrogens is 194 g/mol. The van der Waals surface area contributed by atoms with Crippen LogP contribution in [-0.2, 0) is 4.79 Å². The highest BCUT2D eigenvalue weighted by Crippen LogP contribution is 2.27. The van der Waals surface area contributed by atoms with E-state index >= 15 is 0 Å². The molecule has 0 aromatic rings. The van der Waals surface area contributed by atoms with E-state index in [1.165, 1.54) is 12.8 Å². The Morgan fingerprint density at radius 2 is 2.00 bits per heavy atom. The number of hydrogen-bond acceptors (Lipinski definition) is 3. The highest BCUT2D eigenvalue weighted by Gasteiger charge is 2.31. The largest absolute Gasteiger partial charge is 0.340 e. The van der Waals surface area contributed by atoms with Crippen molar-refractivity contribution in [3.8, 4) is 0 Å². The molecule has 1 heterocycles. The topological polar surface area (TPSA) is 72.3 Å². The molecule has 2 rings (SSSR count). The third kappa shape index (κ3) is 2.61. The molecule has 1 amide bonds. The fraction of sp³-hybridized carbons (Fsp3) is 0.889. The maximum Gasteiger partial charge on any atom is 0.228 e. The second-order valence-corrected chi connectivity index (χ2v) is 4.04. The number of nitrogens with zero attached hydrogens (tertiary/aromatic N) is 5. The fourth-order valence-electron chi connectivity index (χ4n) is 1.97. The number of carbonyl (C=O) groups excluding carboxylic acids is 1. The minimum atomic E-state index is -0.0525. The summed E-state index contributed by atoms with van der Waals surface area (Å²) in [5.74, 6) is -0.0525. The zero-order valence-corrected chi connectivity index (χ0v) is 8.67. The summed E-state index contributed by atoms with van der Waals surface area (Å²) in [7, 11) is 0. The molecule has 2 aliphatic rings. The summed E-state index contributed by atoms with van der Waals surface area (Å²) in [6, 6.07) is 0.777. The first-order valence-electron chi connectivity index (χ1n) is 5.34. The fourth-order valence-corrected chi connectivity index (χ4v) is 1.97. The highest BCUT2D eigenvalue weighted by atomic mass is 16.2. The minimum absolute atomic E-state index is 0.0417. The van der Waals surface area contributed by atoms with Crippen molar-refractivity contribution >= 4 is 5.91 Å². The van der Waals surface area contributed by atoms with Crippen molar-refractivity contribution in [2.24, 2.45) is 5.11 Å². The Morgan fingerprint density at radius 1 is 1.33 bits per heavy atom. The molecule has 0 atom stereocenters. The first-order valence-corrected chi connectivity index (χ1v) is 5.34. The van der Waals surface area contributed by atoms with Crippen LogP contribution >= 0.6 is 0 Å². The van der Waals surface area contributed by atoms with Gasteiger partial charge in [0.25, 0.3) is 0 Å². The first-order chi connectivity index (χ1) is 7.31. The van der Waals surface area contributed by atoms with Gasteiger partial charge in [-0.1, -0.05) is 5.11 Å². The van der Waals surface area contributed by atoms with Crippen LogP contribution in [0.25, 0.3) is 10.4 Å². The zero-order chi connectivity index (χ0) is 10.7. The quantitative estimate of drug-likeness (QED) is 0.388. The van der Waals surface area contributed by atoms with Gasteiger partial charge in [-0.05, 0) is 18.4 Å². The van der Waals surface area contributed by atoms with E-state index in [-0.39, 0.29) is 12.5 Å². The molecule has 1 saturated carbocycles. The zero-order valence-electron chi connectivity index (χ0n) is 8.67. The second-order valence-electron chi connectivity index (χ2n) is 4.04. The van der Waals surface area contributed by atoms with Gasteiger partial charge in [0.1, 0.15) is 6.54 Å². The molecule has 15 heavy (non-hydrogen) atoms. The van der Waals surface area contributed by atoms with Crippen molar-refractivity contribution in [3.63, 3.8) is 0 Å². The van der Waals surface area contributed by atoms with Crippen molar-refractivity contribution in [2.75, 3.05) is 32.7 Å². The summed E-state index contributed by atoms with van der Waals surface area (Å²) in [5, 5.41) is 3.29. The molecule has 1 aliphatic heterocycles. The van der Waals surface area contributed by atoms with Crippen LogP contribution in [0.5, 0.6) is 0 Å². The van der Waals surface area contributed by atoms with E-state index in [0.29, 0.717) is 0 Å². The maximum atomic E-state index is 11.5. The number of rotatable bonds is 3. The molecule has 0 spiro atoms. The summed E-state index contributed by atoms with van der Waals surface area (Å²) in [6.07, 6.45) is 2.62. The highest BCUT2D eigenvalue weighted by molar-refractivity contribution is 5.78. The van der Waals surface area contributed by atoms with E-state index < -0.39 is 0 Å². The Balaban J connectivity index is 1.76. The lowest BCUT2D eigenvalue weighted by atomic mass is 10.3. The van der Waals surface area contributed by atoms with Gasteiger partial charge >= 0.3 is 0 Å². The summed E-state index contributed by atoms with van der Waals surface area (Å²) >= 11 is 0. The molecule has 0 unspecified atom stereocenters. The molecule has 0 bridgehead atoms. The molecule has 1 saturated heterocycles. The number of azide groups is 1. The van der Waals surface area contributed by atoms with Crippen LogP contribution in [0.15, 0.2) is 5.11 Å². The Kier molecular flexibility index (Phi) is 3.08. The molecule has 2 fully saturated rings. The maximum absolute atomic E-state index is 11.5. The van der Waals surface area contributed by atoms with E-state index in [2.05, 4.69) is 14.9 Å². The van der Waals surface area contributed by atoms with Crippen LogP contribution in [0.3, 0.4) is 0 Å². The molecule has 0 aromatic heterocycles. The Bertz CT molecular complexity index is 287. The lowest BCUT2D eigenvalue weighted by Crippen LogP contribution is -2.49. The van der Waals surface area contributed by atoms with Crippen molar-refractivity contribution in [1.29, 1.82) is 0 Å². The normalized spacial score (nSPS) is 22.3. The molecule has 0 radical (unpaired) electrons. The van der Waals surface area contributed by atoms with Gasteiger partial charge in [-0.15, -0.1) is 0 Å². The summed E-state index contributed by atoms with van der Waals surface area (Å²) < 4.78 is 0. The average Bonchev–Trinajstić information content (AvgIpc) is 3.10. The van der Waals surface area contributed by atoms with Crippen LogP contribution in [0.4, 0.5) is 0 Å². The Labute approximate surface area is 88.5 Å². The Morgan fingerprint density at radius 3 is 2.53 bits per heavy atom. The standard InChI is InChI=1S/C9H15N5O/c10-12-11-7-9(15)14-5-3-13(4-6-14)8-1-2-8/h8H,1-7H2. The van der Waals surface area contributed by atoms with Gasteiger partial charge in [-0.2, -0.15) is 0 Å². The van der Waals surface area contributed by atoms with E-state index in [9.17, 15) is 4.79 Å². The van der Waals surface area contributed by atoms with Crippen LogP contribution in [0, 0.1) is 0 Å². The van der Waals surface area contributed by atoms with Crippen molar-refractivity contribution < 1.29 is 4.79 Å². The van der Waals surface area contributed by atoms with Crippen LogP contribution in [0.2, 0.25) is 0 Å². The Hall–Kier alpha value is -1.26. The average molecular weight is 209 g/mol. The SMILES string of the molecule is [N-]=[N+]=NCC(=O)N1CCN(C2CC2)CC1. The van der Waals surface area contributed by atoms with Gasteiger partial charge in [-0.3, -0.25) is 9.69 Å². The summed E-state index contributed by atoms with van der Waals surface area (Å²) in [4.78, 5) is 18.3. The van der Waals surface area contributed by atoms with Crippen molar-refractivity contribution in [3.05, 3.63) is 10.4 Å². The van der Waals surface area contributed by atoms with E-state index in [1.807, 2.05) is 0 Å². The van der Waals surface area contributed by atoms with Gasteiger partial charge in [0, 0.05) is 37.1 Å². The third-order valence-electron chi connectivity index (χ3n) is 3.00. The van der Waals surface area contributed by atoms with E-state index in [0.717, 1.165) is 32.2 Å². The smallest absolute Gasteiger partial charge is 0.228 e. The number of hydrogen-bond donors (Lipinski definition) is 0. The lowest BCUT2D eigenvalue weighted by Gasteiger charge is -2.34. The number of piperazine rings is 1. The van der Waals surface area contributed by atoms with Gasteiger partial charge in [-0.25, -0.2) is 0 Å². The van der Waals surface area contributed by atoms with E-state index in [4.69, 9.17) is 5.53 Å². The van der Waals surface area contributed by atoms with Crippen molar-refractivity contribution in [1.82, 2.24) is 9.80 Å². The molecule has 6 nitrogen and oxygen atoms in total. The summed E-state index contributed by atoms with van der Waals surface area (Å²) in [6.45, 7) is 3.44. The van der Waals surface area contributed by atoms with Crippen LogP contribution in [0.1, 0.15) is 12.8 Å². The predicted molar refractivity (Wildman–Crippen MR) is 55.2 cm³/mol. The molecule has 82 valence electrons. The van der Waals surface area contributed by atoms with Gasteiger partial charge in [0.2, 0.25) is 5.91 Å². The van der Waals surface area contributed by atoms with Crippen LogP contribution in [-0.4, -0.2) is 54.5 Å². The minimum Gasteiger partial charge on any atom is -0.340 e. The van der Waals surface area contributed by atoms with Crippen LogP contribution < -0.4 is 0 Å². The summed E-state index contributed by atoms with van der Waals surface area (Å²) in [5.41, 5.74) is 8.12. The number of carbonyl (C=O) groups is 1. The van der Waals surface area contributed by atoms with Crippen molar-refractivity contribution in [2.45, 2.75) is 18.9 Å². The molecule has 0 aromatic carbocycles. The lowest BCUT2D eigenvalue weighted by molar-refractivity contribution is -0.131. The number of amides is 1. The predicted octanol–water partition coefficient (Wildman–Crippen LogP) is 0.603. The second kappa shape index (κ2) is 4.51. The first kappa shape index (κ1) is 10.3. The molecule has 1 aliphatic carbocycles. The monoisotopic (exact) mass is 209 g/mol.